The van der Waals surface area contributed by atoms with Crippen LogP contribution in [0.1, 0.15) is 16.7 Å². The minimum Gasteiger partial charge on any atom is -0.493 e. The van der Waals surface area contributed by atoms with Crippen molar-refractivity contribution in [3.63, 3.8) is 0 Å². The lowest BCUT2D eigenvalue weighted by molar-refractivity contribution is -0.123. The van der Waals surface area contributed by atoms with Gasteiger partial charge in [-0.2, -0.15) is 0 Å². The number of ether oxygens (including phenoxy) is 4. The summed E-state index contributed by atoms with van der Waals surface area (Å²) < 4.78 is 22.1. The van der Waals surface area contributed by atoms with Crippen LogP contribution in [0.4, 0.5) is 4.79 Å². The zero-order chi connectivity index (χ0) is 25.2. The molecule has 2 aliphatic rings. The number of methoxy groups -OCH3 is 1. The molecule has 0 saturated carbocycles. The van der Waals surface area contributed by atoms with Gasteiger partial charge in [-0.1, -0.05) is 47.5 Å². The third-order valence-electron chi connectivity index (χ3n) is 5.57. The number of fused-ring (bicyclic) bond motifs is 1. The van der Waals surface area contributed by atoms with Crippen molar-refractivity contribution in [2.24, 2.45) is 0 Å². The Bertz CT molecular complexity index is 1390. The minimum absolute atomic E-state index is 0.0201. The fourth-order valence-electron chi connectivity index (χ4n) is 3.71. The summed E-state index contributed by atoms with van der Waals surface area (Å²) in [5, 5.41) is 0.602. The highest BCUT2D eigenvalue weighted by molar-refractivity contribution is 8.18. The second kappa shape index (κ2) is 10.3. The summed E-state index contributed by atoms with van der Waals surface area (Å²) >= 11 is 13.4. The Morgan fingerprint density at radius 2 is 1.75 bits per heavy atom. The monoisotopic (exact) mass is 543 g/mol. The number of benzene rings is 3. The summed E-state index contributed by atoms with van der Waals surface area (Å²) in [4.78, 5) is 27.2. The van der Waals surface area contributed by atoms with Gasteiger partial charge in [0.15, 0.2) is 23.0 Å². The first-order valence-corrected chi connectivity index (χ1v) is 12.4. The van der Waals surface area contributed by atoms with Crippen molar-refractivity contribution in [2.45, 2.75) is 13.2 Å². The maximum atomic E-state index is 13.1. The summed E-state index contributed by atoms with van der Waals surface area (Å²) in [6, 6.07) is 16.0. The molecular formula is C26H19Cl2NO6S. The number of amides is 2. The normalized spacial score (nSPS) is 15.6. The van der Waals surface area contributed by atoms with E-state index in [4.69, 9.17) is 42.1 Å². The van der Waals surface area contributed by atoms with Crippen molar-refractivity contribution in [2.75, 3.05) is 13.9 Å². The zero-order valence-corrected chi connectivity index (χ0v) is 21.3. The maximum absolute atomic E-state index is 13.1. The number of imide groups is 1. The summed E-state index contributed by atoms with van der Waals surface area (Å²) in [5.41, 5.74) is 2.09. The van der Waals surface area contributed by atoms with Crippen molar-refractivity contribution in [3.8, 4) is 23.0 Å². The first-order valence-electron chi connectivity index (χ1n) is 10.8. The van der Waals surface area contributed by atoms with E-state index in [0.717, 1.165) is 22.2 Å². The number of carbonyl (C=O) groups is 2. The van der Waals surface area contributed by atoms with Gasteiger partial charge in [-0.15, -0.1) is 0 Å². The van der Waals surface area contributed by atoms with E-state index >= 15 is 0 Å². The Hall–Kier alpha value is -3.33. The van der Waals surface area contributed by atoms with Crippen molar-refractivity contribution < 1.29 is 28.5 Å². The zero-order valence-electron chi connectivity index (χ0n) is 19.0. The summed E-state index contributed by atoms with van der Waals surface area (Å²) in [5.74, 6) is 1.67. The van der Waals surface area contributed by atoms with Crippen LogP contribution in [0.25, 0.3) is 6.08 Å². The molecule has 0 atom stereocenters. The van der Waals surface area contributed by atoms with Crippen LogP contribution in [0.5, 0.6) is 23.0 Å². The smallest absolute Gasteiger partial charge is 0.293 e. The lowest BCUT2D eigenvalue weighted by atomic mass is 10.1. The van der Waals surface area contributed by atoms with E-state index in [1.165, 1.54) is 0 Å². The van der Waals surface area contributed by atoms with Gasteiger partial charge in [0, 0.05) is 21.7 Å². The second-order valence-corrected chi connectivity index (χ2v) is 9.66. The third kappa shape index (κ3) is 4.97. The minimum atomic E-state index is -0.409. The molecule has 2 heterocycles. The van der Waals surface area contributed by atoms with Gasteiger partial charge in [-0.3, -0.25) is 14.5 Å². The average molecular weight is 544 g/mol. The fraction of sp³-hybridized carbons (Fsp3) is 0.154. The predicted molar refractivity (Wildman–Crippen MR) is 138 cm³/mol. The molecule has 0 N–H and O–H groups in total. The highest BCUT2D eigenvalue weighted by Gasteiger charge is 2.35. The van der Waals surface area contributed by atoms with Crippen LogP contribution in [-0.2, 0) is 17.9 Å². The molecule has 1 saturated heterocycles. The highest BCUT2D eigenvalue weighted by Crippen LogP contribution is 2.40. The van der Waals surface area contributed by atoms with E-state index in [9.17, 15) is 9.59 Å². The van der Waals surface area contributed by atoms with Crippen molar-refractivity contribution in [1.82, 2.24) is 4.90 Å². The van der Waals surface area contributed by atoms with Crippen LogP contribution in [0.2, 0.25) is 10.0 Å². The first kappa shape index (κ1) is 24.4. The summed E-state index contributed by atoms with van der Waals surface area (Å²) in [6.45, 7) is 0.365. The molecule has 10 heteroatoms. The molecule has 2 aliphatic heterocycles. The number of halogens is 2. The predicted octanol–water partition coefficient (Wildman–Crippen LogP) is 6.55. The molecule has 184 valence electrons. The van der Waals surface area contributed by atoms with Gasteiger partial charge in [-0.05, 0) is 53.2 Å². The Labute approximate surface area is 221 Å². The van der Waals surface area contributed by atoms with Crippen LogP contribution >= 0.6 is 35.0 Å². The number of nitrogens with zero attached hydrogens (tertiary/aromatic N) is 1. The molecule has 2 amide bonds. The van der Waals surface area contributed by atoms with Crippen LogP contribution in [0.15, 0.2) is 59.5 Å². The van der Waals surface area contributed by atoms with Gasteiger partial charge in [0.2, 0.25) is 6.79 Å². The molecule has 3 aromatic carbocycles. The Morgan fingerprint density at radius 3 is 2.53 bits per heavy atom. The standard InChI is InChI=1S/C26H19Cl2NO6S/c1-32-20-7-6-15(8-21(20)33-13-16-4-2-3-5-18(16)27)9-24-25(30)29(26(31)36-24)12-17-10-22-23(11-19(17)28)35-14-34-22/h2-11H,12-14H2,1H3/b24-9-. The first-order chi connectivity index (χ1) is 17.4. The van der Waals surface area contributed by atoms with E-state index in [-0.39, 0.29) is 25.2 Å². The lowest BCUT2D eigenvalue weighted by Crippen LogP contribution is -2.27. The van der Waals surface area contributed by atoms with E-state index in [1.807, 2.05) is 18.2 Å². The van der Waals surface area contributed by atoms with Gasteiger partial charge in [0.25, 0.3) is 11.1 Å². The Balaban J connectivity index is 1.35. The molecule has 0 aromatic heterocycles. The largest absolute Gasteiger partial charge is 0.493 e. The van der Waals surface area contributed by atoms with Crippen LogP contribution < -0.4 is 18.9 Å². The third-order valence-corrected chi connectivity index (χ3v) is 7.20. The quantitative estimate of drug-likeness (QED) is 0.313. The number of rotatable bonds is 7. The van der Waals surface area contributed by atoms with Gasteiger partial charge in [0.05, 0.1) is 18.6 Å². The maximum Gasteiger partial charge on any atom is 0.293 e. The molecule has 0 aliphatic carbocycles. The van der Waals surface area contributed by atoms with E-state index < -0.39 is 5.91 Å². The number of hydrogen-bond donors (Lipinski definition) is 0. The van der Waals surface area contributed by atoms with E-state index in [0.29, 0.717) is 49.1 Å². The lowest BCUT2D eigenvalue weighted by Gasteiger charge is -2.14. The SMILES string of the molecule is COc1ccc(/C=C2\SC(=O)N(Cc3cc4c(cc3Cl)OCO4)C2=O)cc1OCc1ccccc1Cl. The van der Waals surface area contributed by atoms with Gasteiger partial charge in [0.1, 0.15) is 6.61 Å². The molecule has 0 unspecified atom stereocenters. The fourth-order valence-corrected chi connectivity index (χ4v) is 4.95. The topological polar surface area (TPSA) is 74.3 Å². The second-order valence-electron chi connectivity index (χ2n) is 7.86. The molecule has 1 fully saturated rings. The van der Waals surface area contributed by atoms with Crippen LogP contribution in [0, 0.1) is 0 Å². The number of hydrogen-bond acceptors (Lipinski definition) is 7. The van der Waals surface area contributed by atoms with Crippen molar-refractivity contribution in [3.05, 3.63) is 86.2 Å². The van der Waals surface area contributed by atoms with Crippen molar-refractivity contribution >= 4 is 52.2 Å². The molecule has 5 rings (SSSR count). The van der Waals surface area contributed by atoms with Gasteiger partial charge in [-0.25, -0.2) is 0 Å². The average Bonchev–Trinajstić information content (AvgIpc) is 3.42. The highest BCUT2D eigenvalue weighted by atomic mass is 35.5. The molecule has 7 nitrogen and oxygen atoms in total. The number of thioether (sulfide) groups is 1. The summed E-state index contributed by atoms with van der Waals surface area (Å²) in [6.07, 6.45) is 1.65. The van der Waals surface area contributed by atoms with E-state index in [1.54, 1.807) is 49.6 Å². The Kier molecular flexibility index (Phi) is 7.00. The van der Waals surface area contributed by atoms with Gasteiger partial charge >= 0.3 is 0 Å². The molecule has 0 spiro atoms. The Morgan fingerprint density at radius 1 is 0.972 bits per heavy atom. The summed E-state index contributed by atoms with van der Waals surface area (Å²) in [7, 11) is 1.55. The number of carbonyl (C=O) groups excluding carboxylic acids is 2. The van der Waals surface area contributed by atoms with Crippen LogP contribution in [0.3, 0.4) is 0 Å². The van der Waals surface area contributed by atoms with Gasteiger partial charge < -0.3 is 18.9 Å². The van der Waals surface area contributed by atoms with E-state index in [2.05, 4.69) is 0 Å². The van der Waals surface area contributed by atoms with Crippen molar-refractivity contribution in [1.29, 1.82) is 0 Å². The molecule has 0 bridgehead atoms. The molecule has 3 aromatic rings. The molecule has 0 radical (unpaired) electrons. The van der Waals surface area contributed by atoms with Crippen LogP contribution in [-0.4, -0.2) is 29.9 Å². The molecule has 36 heavy (non-hydrogen) atoms. The molecular weight excluding hydrogens is 525 g/mol.